The maximum absolute atomic E-state index is 12.6. The van der Waals surface area contributed by atoms with Gasteiger partial charge in [-0.25, -0.2) is 0 Å². The average Bonchev–Trinajstić information content (AvgIpc) is 3.20. The van der Waals surface area contributed by atoms with Crippen LogP contribution in [0.5, 0.6) is 0 Å². The summed E-state index contributed by atoms with van der Waals surface area (Å²) in [7, 11) is 1.72. The van der Waals surface area contributed by atoms with Crippen molar-refractivity contribution in [2.24, 2.45) is 13.0 Å². The predicted octanol–water partition coefficient (Wildman–Crippen LogP) is 1.66. The van der Waals surface area contributed by atoms with Gasteiger partial charge in [0.25, 0.3) is 5.56 Å². The van der Waals surface area contributed by atoms with Crippen molar-refractivity contribution in [3.63, 3.8) is 0 Å². The fourth-order valence-corrected chi connectivity index (χ4v) is 3.42. The van der Waals surface area contributed by atoms with Crippen LogP contribution >= 0.6 is 0 Å². The van der Waals surface area contributed by atoms with Crippen LogP contribution < -0.4 is 5.56 Å². The minimum absolute atomic E-state index is 0.0524. The minimum Gasteiger partial charge on any atom is -0.423 e. The summed E-state index contributed by atoms with van der Waals surface area (Å²) in [5.74, 6) is 6.72. The standard InChI is InChI=1S/C19H19N3O3/c1-11-8-14-16(15(11)17-21-20-10-25-17)12(9-22(3)18(14)23)6-7-19(2,24)13-4-5-13/h9-10,13,24H,4-5,8H2,1-3H3. The molecule has 2 heterocycles. The van der Waals surface area contributed by atoms with E-state index >= 15 is 0 Å². The zero-order valence-electron chi connectivity index (χ0n) is 14.5. The highest BCUT2D eigenvalue weighted by atomic mass is 16.4. The van der Waals surface area contributed by atoms with Gasteiger partial charge in [0.15, 0.2) is 0 Å². The molecule has 0 aromatic carbocycles. The van der Waals surface area contributed by atoms with Crippen molar-refractivity contribution in [3.05, 3.63) is 51.1 Å². The summed E-state index contributed by atoms with van der Waals surface area (Å²) in [5.41, 5.74) is 2.85. The van der Waals surface area contributed by atoms with Gasteiger partial charge in [-0.2, -0.15) is 0 Å². The van der Waals surface area contributed by atoms with Crippen molar-refractivity contribution in [1.29, 1.82) is 0 Å². The molecule has 2 aromatic rings. The molecule has 0 radical (unpaired) electrons. The van der Waals surface area contributed by atoms with Crippen molar-refractivity contribution < 1.29 is 9.52 Å². The van der Waals surface area contributed by atoms with Crippen LogP contribution in [0.3, 0.4) is 0 Å². The van der Waals surface area contributed by atoms with E-state index in [1.165, 1.54) is 6.39 Å². The first-order valence-electron chi connectivity index (χ1n) is 8.33. The molecule has 0 amide bonds. The molecule has 25 heavy (non-hydrogen) atoms. The van der Waals surface area contributed by atoms with Crippen molar-refractivity contribution in [3.8, 4) is 11.8 Å². The monoisotopic (exact) mass is 337 g/mol. The molecular formula is C19H19N3O3. The van der Waals surface area contributed by atoms with Crippen LogP contribution in [0.15, 0.2) is 27.4 Å². The molecule has 0 spiro atoms. The highest BCUT2D eigenvalue weighted by molar-refractivity contribution is 5.86. The van der Waals surface area contributed by atoms with Crippen LogP contribution in [-0.2, 0) is 13.5 Å². The van der Waals surface area contributed by atoms with Gasteiger partial charge < -0.3 is 14.1 Å². The molecule has 0 aliphatic heterocycles. The maximum atomic E-state index is 12.6. The Morgan fingerprint density at radius 1 is 1.44 bits per heavy atom. The van der Waals surface area contributed by atoms with E-state index in [4.69, 9.17) is 4.42 Å². The molecule has 2 aliphatic rings. The van der Waals surface area contributed by atoms with Crippen molar-refractivity contribution in [2.45, 2.75) is 38.7 Å². The number of aromatic nitrogens is 3. The molecule has 4 rings (SSSR count). The zero-order chi connectivity index (χ0) is 17.8. The number of aryl methyl sites for hydroxylation is 1. The van der Waals surface area contributed by atoms with Gasteiger partial charge in [-0.15, -0.1) is 10.2 Å². The van der Waals surface area contributed by atoms with E-state index in [-0.39, 0.29) is 11.5 Å². The van der Waals surface area contributed by atoms with E-state index in [9.17, 15) is 9.90 Å². The second kappa shape index (κ2) is 5.43. The molecule has 1 saturated carbocycles. The van der Waals surface area contributed by atoms with E-state index in [2.05, 4.69) is 22.0 Å². The van der Waals surface area contributed by atoms with Crippen molar-refractivity contribution >= 4 is 5.57 Å². The third-order valence-electron chi connectivity index (χ3n) is 4.99. The molecule has 2 aromatic heterocycles. The summed E-state index contributed by atoms with van der Waals surface area (Å²) in [6, 6.07) is 0. The molecule has 1 atom stereocenters. The minimum atomic E-state index is -1.01. The van der Waals surface area contributed by atoms with Gasteiger partial charge >= 0.3 is 0 Å². The van der Waals surface area contributed by atoms with Gasteiger partial charge in [-0.05, 0) is 32.6 Å². The summed E-state index contributed by atoms with van der Waals surface area (Å²) in [6.45, 7) is 3.70. The summed E-state index contributed by atoms with van der Waals surface area (Å²) in [4.78, 5) is 12.6. The van der Waals surface area contributed by atoms with Crippen LogP contribution in [0.1, 0.15) is 49.3 Å². The smallest absolute Gasteiger partial charge is 0.254 e. The Labute approximate surface area is 145 Å². The third-order valence-corrected chi connectivity index (χ3v) is 4.99. The first-order chi connectivity index (χ1) is 11.9. The van der Waals surface area contributed by atoms with E-state index in [1.54, 1.807) is 24.7 Å². The number of pyridine rings is 1. The number of aliphatic hydroxyl groups is 1. The normalized spacial score (nSPS) is 18.6. The second-order valence-electron chi connectivity index (χ2n) is 7.06. The van der Waals surface area contributed by atoms with Crippen molar-refractivity contribution in [2.75, 3.05) is 0 Å². The van der Waals surface area contributed by atoms with E-state index < -0.39 is 5.60 Å². The Bertz CT molecular complexity index is 997. The molecule has 1 N–H and O–H groups in total. The van der Waals surface area contributed by atoms with Crippen LogP contribution in [-0.4, -0.2) is 25.5 Å². The Morgan fingerprint density at radius 2 is 2.20 bits per heavy atom. The number of hydrogen-bond donors (Lipinski definition) is 1. The molecular weight excluding hydrogens is 318 g/mol. The van der Waals surface area contributed by atoms with Crippen LogP contribution in [0.25, 0.3) is 5.57 Å². The molecule has 6 heteroatoms. The number of rotatable bonds is 2. The first kappa shape index (κ1) is 15.9. The number of allylic oxidation sites excluding steroid dienone is 1. The zero-order valence-corrected chi connectivity index (χ0v) is 14.5. The van der Waals surface area contributed by atoms with Gasteiger partial charge in [0.2, 0.25) is 12.3 Å². The lowest BCUT2D eigenvalue weighted by molar-refractivity contribution is 0.0980. The molecule has 1 unspecified atom stereocenters. The van der Waals surface area contributed by atoms with E-state index in [1.807, 2.05) is 6.92 Å². The third kappa shape index (κ3) is 2.61. The topological polar surface area (TPSA) is 81.2 Å². The summed E-state index contributed by atoms with van der Waals surface area (Å²) >= 11 is 0. The Kier molecular flexibility index (Phi) is 3.44. The van der Waals surface area contributed by atoms with Crippen molar-refractivity contribution in [1.82, 2.24) is 14.8 Å². The quantitative estimate of drug-likeness (QED) is 0.843. The predicted molar refractivity (Wildman–Crippen MR) is 91.6 cm³/mol. The first-order valence-corrected chi connectivity index (χ1v) is 8.33. The lowest BCUT2D eigenvalue weighted by Crippen LogP contribution is -2.25. The van der Waals surface area contributed by atoms with Crippen LogP contribution in [0.4, 0.5) is 0 Å². The Morgan fingerprint density at radius 3 is 2.84 bits per heavy atom. The van der Waals surface area contributed by atoms with Gasteiger partial charge in [0.1, 0.15) is 5.60 Å². The van der Waals surface area contributed by atoms with Gasteiger partial charge in [-0.1, -0.05) is 17.4 Å². The molecule has 1 fully saturated rings. The lowest BCUT2D eigenvalue weighted by atomic mass is 9.98. The number of nitrogens with zero attached hydrogens (tertiary/aromatic N) is 3. The second-order valence-corrected chi connectivity index (χ2v) is 7.06. The summed E-state index contributed by atoms with van der Waals surface area (Å²) in [5, 5.41) is 18.3. The largest absolute Gasteiger partial charge is 0.423 e. The highest BCUT2D eigenvalue weighted by Crippen LogP contribution is 2.40. The molecule has 6 nitrogen and oxygen atoms in total. The van der Waals surface area contributed by atoms with Gasteiger partial charge in [-0.3, -0.25) is 4.79 Å². The van der Waals surface area contributed by atoms with Crippen LogP contribution in [0, 0.1) is 17.8 Å². The maximum Gasteiger partial charge on any atom is 0.254 e. The van der Waals surface area contributed by atoms with Gasteiger partial charge in [0.05, 0.1) is 0 Å². The molecule has 128 valence electrons. The molecule has 0 bridgehead atoms. The Hall–Kier alpha value is -2.65. The lowest BCUT2D eigenvalue weighted by Gasteiger charge is -2.15. The van der Waals surface area contributed by atoms with E-state index in [0.29, 0.717) is 23.4 Å². The molecule has 2 aliphatic carbocycles. The fraction of sp³-hybridized carbons (Fsp3) is 0.421. The van der Waals surface area contributed by atoms with Crippen LogP contribution in [0.2, 0.25) is 0 Å². The highest BCUT2D eigenvalue weighted by Gasteiger charge is 2.38. The summed E-state index contributed by atoms with van der Waals surface area (Å²) < 4.78 is 6.92. The SMILES string of the molecule is CC1=C(c2nnco2)c2c(C#CC(C)(O)C3CC3)cn(C)c(=O)c2C1. The van der Waals surface area contributed by atoms with Gasteiger partial charge in [0, 0.05) is 41.9 Å². The number of fused-ring (bicyclic) bond motifs is 1. The Balaban J connectivity index is 1.90. The number of hydrogen-bond acceptors (Lipinski definition) is 5. The van der Waals surface area contributed by atoms with E-state index in [0.717, 1.165) is 29.6 Å². The average molecular weight is 337 g/mol. The summed E-state index contributed by atoms with van der Waals surface area (Å²) in [6.07, 6.45) is 5.52. The molecule has 0 saturated heterocycles. The fourth-order valence-electron chi connectivity index (χ4n) is 3.42.